The monoisotopic (exact) mass is 164 g/mol. The Kier molecular flexibility index (Phi) is 9.70. The highest BCUT2D eigenvalue weighted by Gasteiger charge is 1.93. The summed E-state index contributed by atoms with van der Waals surface area (Å²) < 4.78 is 14.2. The number of hydrogen-bond donors (Lipinski definition) is 1. The smallest absolute Gasteiger partial charge is 0.146 e. The van der Waals surface area contributed by atoms with Crippen LogP contribution < -0.4 is 0 Å². The van der Waals surface area contributed by atoms with Crippen molar-refractivity contribution in [2.45, 2.75) is 6.92 Å². The zero-order valence-corrected chi connectivity index (χ0v) is 6.91. The highest BCUT2D eigenvalue weighted by Crippen LogP contribution is 1.85. The van der Waals surface area contributed by atoms with Gasteiger partial charge in [-0.2, -0.15) is 0 Å². The van der Waals surface area contributed by atoms with E-state index in [1.165, 1.54) is 0 Å². The van der Waals surface area contributed by atoms with Crippen molar-refractivity contribution < 1.29 is 19.3 Å². The summed E-state index contributed by atoms with van der Waals surface area (Å²) in [6, 6.07) is 0. The van der Waals surface area contributed by atoms with E-state index >= 15 is 0 Å². The summed E-state index contributed by atoms with van der Waals surface area (Å²) in [5.41, 5.74) is 0. The molecule has 1 heterocycles. The molecule has 0 aromatic heterocycles. The third-order valence-electron chi connectivity index (χ3n) is 0.978. The van der Waals surface area contributed by atoms with E-state index in [0.717, 1.165) is 13.2 Å². The predicted molar refractivity (Wildman–Crippen MR) is 40.3 cm³/mol. The summed E-state index contributed by atoms with van der Waals surface area (Å²) in [7, 11) is 0. The Morgan fingerprint density at radius 1 is 1.36 bits per heavy atom. The molecule has 1 aliphatic heterocycles. The first kappa shape index (κ1) is 10.8. The Labute approximate surface area is 67.1 Å². The van der Waals surface area contributed by atoms with Crippen molar-refractivity contribution in [2.75, 3.05) is 39.8 Å². The minimum atomic E-state index is 0.133. The molecule has 0 aromatic rings. The van der Waals surface area contributed by atoms with Crippen LogP contribution in [0, 0.1) is 0 Å². The van der Waals surface area contributed by atoms with Crippen LogP contribution in [0.2, 0.25) is 0 Å². The van der Waals surface area contributed by atoms with Crippen molar-refractivity contribution in [3.63, 3.8) is 0 Å². The molecule has 11 heavy (non-hydrogen) atoms. The molecule has 1 aliphatic rings. The van der Waals surface area contributed by atoms with E-state index in [1.807, 2.05) is 6.92 Å². The molecule has 1 saturated heterocycles. The van der Waals surface area contributed by atoms with Crippen LogP contribution in [0.5, 0.6) is 0 Å². The molecule has 68 valence electrons. The fourth-order valence-corrected chi connectivity index (χ4v) is 0.504. The molecule has 4 nitrogen and oxygen atoms in total. The molecule has 0 radical (unpaired) electrons. The van der Waals surface area contributed by atoms with Crippen LogP contribution in [0.3, 0.4) is 0 Å². The maximum absolute atomic E-state index is 8.07. The van der Waals surface area contributed by atoms with Crippen molar-refractivity contribution in [1.29, 1.82) is 0 Å². The molecule has 0 bridgehead atoms. The molecule has 1 rings (SSSR count). The lowest BCUT2D eigenvalue weighted by Gasteiger charge is -1.91. The highest BCUT2D eigenvalue weighted by molar-refractivity contribution is 4.28. The lowest BCUT2D eigenvalue weighted by atomic mass is 10.8. The van der Waals surface area contributed by atoms with Crippen LogP contribution in [0.4, 0.5) is 0 Å². The van der Waals surface area contributed by atoms with E-state index in [4.69, 9.17) is 19.3 Å². The van der Waals surface area contributed by atoms with Crippen LogP contribution >= 0.6 is 0 Å². The molecule has 0 aliphatic carbocycles. The predicted octanol–water partition coefficient (Wildman–Crippen LogP) is 0.00590. The van der Waals surface area contributed by atoms with Crippen LogP contribution in [-0.4, -0.2) is 44.9 Å². The Morgan fingerprint density at radius 2 is 2.00 bits per heavy atom. The van der Waals surface area contributed by atoms with Crippen molar-refractivity contribution in [1.82, 2.24) is 0 Å². The highest BCUT2D eigenvalue weighted by atomic mass is 16.7. The van der Waals surface area contributed by atoms with E-state index in [-0.39, 0.29) is 6.61 Å². The van der Waals surface area contributed by atoms with Crippen molar-refractivity contribution in [3.8, 4) is 0 Å². The fraction of sp³-hybridized carbons (Fsp3) is 1.00. The van der Waals surface area contributed by atoms with Gasteiger partial charge in [0.25, 0.3) is 0 Å². The quantitative estimate of drug-likeness (QED) is 0.597. The van der Waals surface area contributed by atoms with Crippen molar-refractivity contribution >= 4 is 0 Å². The molecule has 0 atom stereocenters. The van der Waals surface area contributed by atoms with E-state index in [0.29, 0.717) is 20.0 Å². The molecular formula is C7H16O4. The van der Waals surface area contributed by atoms with Crippen LogP contribution in [0.1, 0.15) is 6.92 Å². The largest absolute Gasteiger partial charge is 0.394 e. The normalized spacial score (nSPS) is 15.8. The Hall–Kier alpha value is -0.160. The van der Waals surface area contributed by atoms with Gasteiger partial charge in [-0.25, -0.2) is 0 Å². The minimum absolute atomic E-state index is 0.133. The molecule has 0 amide bonds. The molecule has 0 unspecified atom stereocenters. The summed E-state index contributed by atoms with van der Waals surface area (Å²) in [5, 5.41) is 8.07. The van der Waals surface area contributed by atoms with Gasteiger partial charge >= 0.3 is 0 Å². The number of aliphatic hydroxyl groups excluding tert-OH is 1. The van der Waals surface area contributed by atoms with Crippen molar-refractivity contribution in [2.24, 2.45) is 0 Å². The van der Waals surface area contributed by atoms with Crippen LogP contribution in [-0.2, 0) is 14.2 Å². The number of ether oxygens (including phenoxy) is 3. The average molecular weight is 164 g/mol. The number of rotatable bonds is 3. The minimum Gasteiger partial charge on any atom is -0.394 e. The molecule has 1 fully saturated rings. The molecular weight excluding hydrogens is 148 g/mol. The van der Waals surface area contributed by atoms with Crippen LogP contribution in [0.25, 0.3) is 0 Å². The van der Waals surface area contributed by atoms with Gasteiger partial charge in [-0.3, -0.25) is 0 Å². The first-order valence-electron chi connectivity index (χ1n) is 3.76. The lowest BCUT2D eigenvalue weighted by Crippen LogP contribution is -1.96. The van der Waals surface area contributed by atoms with Gasteiger partial charge < -0.3 is 19.3 Å². The summed E-state index contributed by atoms with van der Waals surface area (Å²) in [4.78, 5) is 0. The van der Waals surface area contributed by atoms with Gasteiger partial charge in [-0.15, -0.1) is 0 Å². The second kappa shape index (κ2) is 9.84. The fourth-order valence-electron chi connectivity index (χ4n) is 0.504. The van der Waals surface area contributed by atoms with Crippen LogP contribution in [0.15, 0.2) is 0 Å². The van der Waals surface area contributed by atoms with E-state index in [1.54, 1.807) is 0 Å². The maximum atomic E-state index is 8.07. The van der Waals surface area contributed by atoms with E-state index in [9.17, 15) is 0 Å². The van der Waals surface area contributed by atoms with Gasteiger partial charge in [0, 0.05) is 6.61 Å². The number of aliphatic hydroxyl groups is 1. The van der Waals surface area contributed by atoms with E-state index in [2.05, 4.69) is 0 Å². The first-order chi connectivity index (χ1) is 5.41. The SMILES string of the molecule is C1COCO1.CCOCCO. The lowest BCUT2D eigenvalue weighted by molar-refractivity contribution is 0.0692. The Morgan fingerprint density at radius 3 is 2.18 bits per heavy atom. The van der Waals surface area contributed by atoms with Gasteiger partial charge in [-0.05, 0) is 6.92 Å². The summed E-state index contributed by atoms with van der Waals surface area (Å²) in [6.45, 7) is 5.25. The summed E-state index contributed by atoms with van der Waals surface area (Å²) in [6.07, 6.45) is 0. The molecule has 0 spiro atoms. The standard InChI is InChI=1S/C4H10O2.C3H6O2/c1-2-6-4-3-5;1-2-5-3-4-1/h5H,2-4H2,1H3;1-3H2. The maximum Gasteiger partial charge on any atom is 0.146 e. The third kappa shape index (κ3) is 9.84. The third-order valence-corrected chi connectivity index (χ3v) is 0.978. The first-order valence-corrected chi connectivity index (χ1v) is 3.76. The van der Waals surface area contributed by atoms with E-state index < -0.39 is 0 Å². The van der Waals surface area contributed by atoms with Gasteiger partial charge in [0.1, 0.15) is 6.79 Å². The average Bonchev–Trinajstić information content (AvgIpc) is 2.57. The summed E-state index contributed by atoms with van der Waals surface area (Å²) in [5.74, 6) is 0. The Balaban J connectivity index is 0.000000183. The molecule has 0 saturated carbocycles. The zero-order chi connectivity index (χ0) is 8.36. The summed E-state index contributed by atoms with van der Waals surface area (Å²) >= 11 is 0. The topological polar surface area (TPSA) is 47.9 Å². The molecule has 1 N–H and O–H groups in total. The Bertz CT molecular complexity index is 51.9. The van der Waals surface area contributed by atoms with Gasteiger partial charge in [0.05, 0.1) is 26.4 Å². The van der Waals surface area contributed by atoms with Gasteiger partial charge in [0.2, 0.25) is 0 Å². The molecule has 4 heteroatoms. The zero-order valence-electron chi connectivity index (χ0n) is 6.91. The van der Waals surface area contributed by atoms with Crippen molar-refractivity contribution in [3.05, 3.63) is 0 Å². The van der Waals surface area contributed by atoms with Gasteiger partial charge in [0.15, 0.2) is 0 Å². The second-order valence-corrected chi connectivity index (χ2v) is 1.85. The van der Waals surface area contributed by atoms with Gasteiger partial charge in [-0.1, -0.05) is 0 Å². The molecule has 0 aromatic carbocycles. The number of hydrogen-bond acceptors (Lipinski definition) is 4. The second-order valence-electron chi connectivity index (χ2n) is 1.85.